The van der Waals surface area contributed by atoms with Gasteiger partial charge in [-0.05, 0) is 36.8 Å². The van der Waals surface area contributed by atoms with E-state index in [1.165, 1.54) is 6.42 Å². The van der Waals surface area contributed by atoms with Crippen molar-refractivity contribution in [2.24, 2.45) is 17.6 Å². The molecule has 4 heteroatoms. The zero-order chi connectivity index (χ0) is 13.2. The van der Waals surface area contributed by atoms with E-state index in [1.807, 2.05) is 35.2 Å². The summed E-state index contributed by atoms with van der Waals surface area (Å²) in [4.78, 5) is 15.4. The molecule has 1 aromatic rings. The second-order valence-corrected chi connectivity index (χ2v) is 6.61. The smallest absolute Gasteiger partial charge is 0.232 e. The molecule has 0 aromatic heterocycles. The van der Waals surface area contributed by atoms with Crippen molar-refractivity contribution in [3.63, 3.8) is 0 Å². The highest BCUT2D eigenvalue weighted by Crippen LogP contribution is 2.37. The van der Waals surface area contributed by atoms with E-state index >= 15 is 0 Å². The molecule has 0 radical (unpaired) electrons. The van der Waals surface area contributed by atoms with Gasteiger partial charge in [0.25, 0.3) is 0 Å². The molecule has 1 heterocycles. The summed E-state index contributed by atoms with van der Waals surface area (Å²) < 4.78 is 0. The molecule has 1 aliphatic heterocycles. The van der Waals surface area contributed by atoms with Gasteiger partial charge in [-0.15, -0.1) is 11.8 Å². The molecule has 1 saturated heterocycles. The molecule has 1 saturated carbocycles. The Bertz CT molecular complexity index is 451. The molecule has 3 nitrogen and oxygen atoms in total. The summed E-state index contributed by atoms with van der Waals surface area (Å²) in [5.74, 6) is 2.00. The van der Waals surface area contributed by atoms with Crippen molar-refractivity contribution in [2.75, 3.05) is 18.8 Å². The van der Waals surface area contributed by atoms with Crippen LogP contribution in [0.25, 0.3) is 0 Å². The van der Waals surface area contributed by atoms with Crippen molar-refractivity contribution in [1.82, 2.24) is 4.90 Å². The fourth-order valence-corrected chi connectivity index (χ4v) is 4.09. The molecule has 1 amide bonds. The van der Waals surface area contributed by atoms with Crippen LogP contribution >= 0.6 is 11.8 Å². The van der Waals surface area contributed by atoms with Gasteiger partial charge in [-0.1, -0.05) is 18.2 Å². The number of amides is 1. The minimum absolute atomic E-state index is 0.260. The van der Waals surface area contributed by atoms with Gasteiger partial charge in [0.2, 0.25) is 5.91 Å². The van der Waals surface area contributed by atoms with Crippen LogP contribution in [-0.4, -0.2) is 35.7 Å². The molecule has 3 atom stereocenters. The zero-order valence-electron chi connectivity index (χ0n) is 11.0. The van der Waals surface area contributed by atoms with Gasteiger partial charge < -0.3 is 10.6 Å². The van der Waals surface area contributed by atoms with Crippen LogP contribution in [0.3, 0.4) is 0 Å². The van der Waals surface area contributed by atoms with Crippen molar-refractivity contribution in [1.29, 1.82) is 0 Å². The number of hydrogen-bond donors (Lipinski definition) is 1. The molecule has 2 aliphatic rings. The molecular formula is C15H20N2OS. The lowest BCUT2D eigenvalue weighted by Gasteiger charge is -2.18. The summed E-state index contributed by atoms with van der Waals surface area (Å²) in [6.45, 7) is 1.80. The van der Waals surface area contributed by atoms with Crippen LogP contribution < -0.4 is 5.73 Å². The Morgan fingerprint density at radius 1 is 1.26 bits per heavy atom. The van der Waals surface area contributed by atoms with Crippen molar-refractivity contribution >= 4 is 17.7 Å². The summed E-state index contributed by atoms with van der Waals surface area (Å²) >= 11 is 1.62. The Hall–Kier alpha value is -1.00. The SMILES string of the molecule is NC1CCC2CN(C(=O)CSc3ccccc3)CC12. The van der Waals surface area contributed by atoms with E-state index < -0.39 is 0 Å². The maximum Gasteiger partial charge on any atom is 0.232 e. The Morgan fingerprint density at radius 2 is 2.05 bits per heavy atom. The average Bonchev–Trinajstić information content (AvgIpc) is 3.00. The number of hydrogen-bond acceptors (Lipinski definition) is 3. The second-order valence-electron chi connectivity index (χ2n) is 5.57. The van der Waals surface area contributed by atoms with Crippen molar-refractivity contribution in [2.45, 2.75) is 23.8 Å². The van der Waals surface area contributed by atoms with E-state index in [2.05, 4.69) is 0 Å². The van der Waals surface area contributed by atoms with Crippen molar-refractivity contribution in [3.05, 3.63) is 30.3 Å². The van der Waals surface area contributed by atoms with Gasteiger partial charge in [0.15, 0.2) is 0 Å². The van der Waals surface area contributed by atoms with E-state index in [0.29, 0.717) is 23.6 Å². The van der Waals surface area contributed by atoms with Gasteiger partial charge in [0.05, 0.1) is 5.75 Å². The fraction of sp³-hybridized carbons (Fsp3) is 0.533. The van der Waals surface area contributed by atoms with Crippen LogP contribution in [0.1, 0.15) is 12.8 Å². The molecule has 3 unspecified atom stereocenters. The number of rotatable bonds is 3. The average molecular weight is 276 g/mol. The van der Waals surface area contributed by atoms with Crippen LogP contribution in [0, 0.1) is 11.8 Å². The van der Waals surface area contributed by atoms with Crippen LogP contribution in [-0.2, 0) is 4.79 Å². The van der Waals surface area contributed by atoms with Gasteiger partial charge in [0, 0.05) is 24.0 Å². The molecule has 3 rings (SSSR count). The van der Waals surface area contributed by atoms with Crippen LogP contribution in [0.2, 0.25) is 0 Å². The first kappa shape index (κ1) is 13.0. The van der Waals surface area contributed by atoms with Gasteiger partial charge in [-0.25, -0.2) is 0 Å². The first-order chi connectivity index (χ1) is 9.24. The van der Waals surface area contributed by atoms with Gasteiger partial charge >= 0.3 is 0 Å². The number of thioether (sulfide) groups is 1. The molecule has 1 aliphatic carbocycles. The van der Waals surface area contributed by atoms with Gasteiger partial charge in [-0.2, -0.15) is 0 Å². The van der Waals surface area contributed by atoms with E-state index in [9.17, 15) is 4.79 Å². The molecule has 0 bridgehead atoms. The number of carbonyl (C=O) groups is 1. The maximum atomic E-state index is 12.2. The zero-order valence-corrected chi connectivity index (χ0v) is 11.8. The first-order valence-electron chi connectivity index (χ1n) is 6.95. The predicted octanol–water partition coefficient (Wildman–Crippen LogP) is 1.97. The highest BCUT2D eigenvalue weighted by atomic mass is 32.2. The standard InChI is InChI=1S/C15H20N2OS/c16-14-7-6-11-8-17(9-13(11)14)15(18)10-19-12-4-2-1-3-5-12/h1-5,11,13-14H,6-10,16H2. The number of carbonyl (C=O) groups excluding carboxylic acids is 1. The second kappa shape index (κ2) is 5.55. The number of fused-ring (bicyclic) bond motifs is 1. The lowest BCUT2D eigenvalue weighted by Crippen LogP contribution is -2.34. The van der Waals surface area contributed by atoms with E-state index in [4.69, 9.17) is 5.73 Å². The highest BCUT2D eigenvalue weighted by Gasteiger charge is 2.42. The molecular weight excluding hydrogens is 256 g/mol. The summed E-state index contributed by atoms with van der Waals surface area (Å²) in [7, 11) is 0. The van der Waals surface area contributed by atoms with Gasteiger partial charge in [0.1, 0.15) is 0 Å². The summed E-state index contributed by atoms with van der Waals surface area (Å²) in [5, 5.41) is 0. The van der Waals surface area contributed by atoms with Crippen LogP contribution in [0.4, 0.5) is 0 Å². The molecule has 19 heavy (non-hydrogen) atoms. The largest absolute Gasteiger partial charge is 0.341 e. The third-order valence-corrected chi connectivity index (χ3v) is 5.37. The minimum atomic E-state index is 0.260. The Balaban J connectivity index is 1.52. The first-order valence-corrected chi connectivity index (χ1v) is 7.94. The van der Waals surface area contributed by atoms with Crippen LogP contribution in [0.15, 0.2) is 35.2 Å². The lowest BCUT2D eigenvalue weighted by molar-refractivity contribution is -0.127. The van der Waals surface area contributed by atoms with E-state index in [0.717, 1.165) is 24.4 Å². The summed E-state index contributed by atoms with van der Waals surface area (Å²) in [6, 6.07) is 10.4. The number of benzene rings is 1. The quantitative estimate of drug-likeness (QED) is 0.859. The topological polar surface area (TPSA) is 46.3 Å². The number of nitrogens with two attached hydrogens (primary N) is 1. The lowest BCUT2D eigenvalue weighted by atomic mass is 9.98. The molecule has 0 spiro atoms. The van der Waals surface area contributed by atoms with Gasteiger partial charge in [-0.3, -0.25) is 4.79 Å². The molecule has 102 valence electrons. The highest BCUT2D eigenvalue weighted by molar-refractivity contribution is 8.00. The summed E-state index contributed by atoms with van der Waals surface area (Å²) in [5.41, 5.74) is 6.10. The molecule has 2 N–H and O–H groups in total. The monoisotopic (exact) mass is 276 g/mol. The Labute approximate surface area is 118 Å². The van der Waals surface area contributed by atoms with Crippen molar-refractivity contribution < 1.29 is 4.79 Å². The summed E-state index contributed by atoms with van der Waals surface area (Å²) in [6.07, 6.45) is 2.33. The van der Waals surface area contributed by atoms with Crippen molar-refractivity contribution in [3.8, 4) is 0 Å². The Kier molecular flexibility index (Phi) is 3.80. The van der Waals surface area contributed by atoms with E-state index in [-0.39, 0.29) is 5.91 Å². The fourth-order valence-electron chi connectivity index (χ4n) is 3.26. The minimum Gasteiger partial charge on any atom is -0.341 e. The number of likely N-dealkylation sites (tertiary alicyclic amines) is 1. The molecule has 1 aromatic carbocycles. The van der Waals surface area contributed by atoms with Crippen LogP contribution in [0.5, 0.6) is 0 Å². The third-order valence-electron chi connectivity index (χ3n) is 4.37. The normalized spacial score (nSPS) is 29.5. The Morgan fingerprint density at radius 3 is 2.79 bits per heavy atom. The maximum absolute atomic E-state index is 12.2. The van der Waals surface area contributed by atoms with E-state index in [1.54, 1.807) is 11.8 Å². The number of nitrogens with zero attached hydrogens (tertiary/aromatic N) is 1. The molecule has 2 fully saturated rings. The third kappa shape index (κ3) is 2.79. The predicted molar refractivity (Wildman–Crippen MR) is 77.9 cm³/mol.